The summed E-state index contributed by atoms with van der Waals surface area (Å²) in [5, 5.41) is 3.66. The Morgan fingerprint density at radius 1 is 1.25 bits per heavy atom. The molecule has 0 radical (unpaired) electrons. The zero-order chi connectivity index (χ0) is 14.2. The van der Waals surface area contributed by atoms with E-state index in [0.717, 1.165) is 11.8 Å². The molecule has 3 atom stereocenters. The van der Waals surface area contributed by atoms with E-state index < -0.39 is 0 Å². The Hall–Kier alpha value is -0.820. The fourth-order valence-electron chi connectivity index (χ4n) is 4.63. The van der Waals surface area contributed by atoms with Gasteiger partial charge in [-0.05, 0) is 61.1 Å². The number of nitrogens with one attached hydrogen (secondary N) is 1. The van der Waals surface area contributed by atoms with Crippen molar-refractivity contribution in [2.24, 2.45) is 11.3 Å². The van der Waals surface area contributed by atoms with Crippen molar-refractivity contribution in [3.63, 3.8) is 0 Å². The van der Waals surface area contributed by atoms with Gasteiger partial charge in [0.15, 0.2) is 0 Å². The van der Waals surface area contributed by atoms with Gasteiger partial charge in [-0.3, -0.25) is 0 Å². The molecule has 0 amide bonds. The van der Waals surface area contributed by atoms with Crippen molar-refractivity contribution in [1.82, 2.24) is 5.32 Å². The first-order valence-corrected chi connectivity index (χ1v) is 8.37. The van der Waals surface area contributed by atoms with Gasteiger partial charge in [0.1, 0.15) is 0 Å². The maximum absolute atomic E-state index is 3.66. The fourth-order valence-corrected chi connectivity index (χ4v) is 4.63. The minimum atomic E-state index is 0.509. The first-order chi connectivity index (χ1) is 9.62. The van der Waals surface area contributed by atoms with Crippen molar-refractivity contribution >= 4 is 0 Å². The number of fused-ring (bicyclic) bond motifs is 1. The lowest BCUT2D eigenvalue weighted by Crippen LogP contribution is -2.45. The quantitative estimate of drug-likeness (QED) is 0.849. The van der Waals surface area contributed by atoms with Crippen LogP contribution in [0, 0.1) is 11.3 Å². The average Bonchev–Trinajstić information content (AvgIpc) is 2.41. The van der Waals surface area contributed by atoms with Crippen LogP contribution in [0.25, 0.3) is 0 Å². The van der Waals surface area contributed by atoms with Crippen LogP contribution in [-0.2, 0) is 6.42 Å². The van der Waals surface area contributed by atoms with E-state index >= 15 is 0 Å². The highest BCUT2D eigenvalue weighted by Gasteiger charge is 2.39. The van der Waals surface area contributed by atoms with Crippen LogP contribution in [0.1, 0.15) is 63.0 Å². The van der Waals surface area contributed by atoms with E-state index in [1.807, 2.05) is 0 Å². The van der Waals surface area contributed by atoms with Crippen LogP contribution in [0.15, 0.2) is 24.3 Å². The van der Waals surface area contributed by atoms with Gasteiger partial charge in [-0.2, -0.15) is 0 Å². The molecule has 3 unspecified atom stereocenters. The van der Waals surface area contributed by atoms with Crippen LogP contribution in [0.5, 0.6) is 0 Å². The molecular formula is C19H29N. The Balaban J connectivity index is 1.69. The van der Waals surface area contributed by atoms with Crippen molar-refractivity contribution in [3.8, 4) is 0 Å². The molecule has 0 spiro atoms. The maximum atomic E-state index is 3.66. The largest absolute Gasteiger partial charge is 0.317 e. The lowest BCUT2D eigenvalue weighted by molar-refractivity contribution is 0.0937. The average molecular weight is 271 g/mol. The predicted molar refractivity (Wildman–Crippen MR) is 86.1 cm³/mol. The van der Waals surface area contributed by atoms with E-state index in [2.05, 4.69) is 50.5 Å². The Labute approximate surface area is 124 Å². The summed E-state index contributed by atoms with van der Waals surface area (Å²) in [4.78, 5) is 0. The molecule has 1 aromatic rings. The standard InChI is InChI=1S/C19H29N/c1-19(2)11-7-6-10-17(19)18(20-3)13-15-12-14-8-4-5-9-16(14)15/h4-5,8-9,15,17-18,20H,6-7,10-13H2,1-3H3. The molecule has 110 valence electrons. The Bertz CT molecular complexity index is 463. The molecule has 1 heteroatoms. The van der Waals surface area contributed by atoms with Crippen LogP contribution >= 0.6 is 0 Å². The second-order valence-corrected chi connectivity index (χ2v) is 7.57. The Morgan fingerprint density at radius 2 is 2.05 bits per heavy atom. The molecular weight excluding hydrogens is 242 g/mol. The van der Waals surface area contributed by atoms with Gasteiger partial charge in [0, 0.05) is 6.04 Å². The van der Waals surface area contributed by atoms with E-state index in [1.54, 1.807) is 11.1 Å². The van der Waals surface area contributed by atoms with Gasteiger partial charge in [0.25, 0.3) is 0 Å². The number of benzene rings is 1. The van der Waals surface area contributed by atoms with Gasteiger partial charge >= 0.3 is 0 Å². The zero-order valence-corrected chi connectivity index (χ0v) is 13.3. The van der Waals surface area contributed by atoms with Crippen LogP contribution in [-0.4, -0.2) is 13.1 Å². The summed E-state index contributed by atoms with van der Waals surface area (Å²) in [6.07, 6.45) is 8.27. The molecule has 2 aliphatic carbocycles. The number of hydrogen-bond donors (Lipinski definition) is 1. The normalized spacial score (nSPS) is 29.4. The van der Waals surface area contributed by atoms with Gasteiger partial charge in [0.2, 0.25) is 0 Å². The predicted octanol–water partition coefficient (Wildman–Crippen LogP) is 4.52. The summed E-state index contributed by atoms with van der Waals surface area (Å²) in [7, 11) is 2.17. The highest BCUT2D eigenvalue weighted by atomic mass is 14.9. The molecule has 0 saturated heterocycles. The molecule has 0 aromatic heterocycles. The smallest absolute Gasteiger partial charge is 0.0103 e. The highest BCUT2D eigenvalue weighted by Crippen LogP contribution is 2.46. The van der Waals surface area contributed by atoms with Gasteiger partial charge in [-0.25, -0.2) is 0 Å². The Morgan fingerprint density at radius 3 is 2.75 bits per heavy atom. The minimum absolute atomic E-state index is 0.509. The third-order valence-electron chi connectivity index (χ3n) is 5.95. The molecule has 20 heavy (non-hydrogen) atoms. The third-order valence-corrected chi connectivity index (χ3v) is 5.95. The van der Waals surface area contributed by atoms with Crippen molar-refractivity contribution in [3.05, 3.63) is 35.4 Å². The zero-order valence-electron chi connectivity index (χ0n) is 13.3. The molecule has 0 bridgehead atoms. The van der Waals surface area contributed by atoms with Gasteiger partial charge in [-0.1, -0.05) is 51.0 Å². The molecule has 1 saturated carbocycles. The molecule has 1 fully saturated rings. The lowest BCUT2D eigenvalue weighted by Gasteiger charge is -2.45. The lowest BCUT2D eigenvalue weighted by atomic mass is 9.63. The molecule has 1 aromatic carbocycles. The van der Waals surface area contributed by atoms with E-state index in [4.69, 9.17) is 0 Å². The summed E-state index contributed by atoms with van der Waals surface area (Å²) in [6.45, 7) is 4.96. The second-order valence-electron chi connectivity index (χ2n) is 7.57. The van der Waals surface area contributed by atoms with E-state index in [0.29, 0.717) is 11.5 Å². The molecule has 3 rings (SSSR count). The second kappa shape index (κ2) is 5.52. The fraction of sp³-hybridized carbons (Fsp3) is 0.684. The topological polar surface area (TPSA) is 12.0 Å². The SMILES string of the molecule is CNC(CC1Cc2ccccc21)C1CCCCC1(C)C. The summed E-state index contributed by atoms with van der Waals surface area (Å²) < 4.78 is 0. The minimum Gasteiger partial charge on any atom is -0.317 e. The first kappa shape index (κ1) is 14.1. The third kappa shape index (κ3) is 2.53. The highest BCUT2D eigenvalue weighted by molar-refractivity contribution is 5.40. The van der Waals surface area contributed by atoms with E-state index in [-0.39, 0.29) is 0 Å². The molecule has 2 aliphatic rings. The van der Waals surface area contributed by atoms with Crippen LogP contribution in [0.3, 0.4) is 0 Å². The van der Waals surface area contributed by atoms with Crippen molar-refractivity contribution in [2.75, 3.05) is 7.05 Å². The van der Waals surface area contributed by atoms with Gasteiger partial charge in [-0.15, -0.1) is 0 Å². The molecule has 0 heterocycles. The maximum Gasteiger partial charge on any atom is 0.0103 e. The number of rotatable bonds is 4. The van der Waals surface area contributed by atoms with Gasteiger partial charge < -0.3 is 5.32 Å². The van der Waals surface area contributed by atoms with E-state index in [9.17, 15) is 0 Å². The first-order valence-electron chi connectivity index (χ1n) is 8.37. The molecule has 1 nitrogen and oxygen atoms in total. The van der Waals surface area contributed by atoms with Crippen molar-refractivity contribution in [1.29, 1.82) is 0 Å². The summed E-state index contributed by atoms with van der Waals surface area (Å²) in [6, 6.07) is 9.69. The Kier molecular flexibility index (Phi) is 3.90. The van der Waals surface area contributed by atoms with Crippen molar-refractivity contribution < 1.29 is 0 Å². The number of hydrogen-bond acceptors (Lipinski definition) is 1. The monoisotopic (exact) mass is 271 g/mol. The summed E-state index contributed by atoms with van der Waals surface area (Å²) in [5.41, 5.74) is 3.70. The molecule has 0 aliphatic heterocycles. The van der Waals surface area contributed by atoms with Crippen LogP contribution in [0.4, 0.5) is 0 Å². The molecule has 1 N–H and O–H groups in total. The van der Waals surface area contributed by atoms with Crippen LogP contribution in [0.2, 0.25) is 0 Å². The summed E-state index contributed by atoms with van der Waals surface area (Å²) in [5.74, 6) is 1.63. The van der Waals surface area contributed by atoms with E-state index in [1.165, 1.54) is 38.5 Å². The summed E-state index contributed by atoms with van der Waals surface area (Å²) >= 11 is 0. The van der Waals surface area contributed by atoms with Crippen molar-refractivity contribution in [2.45, 2.75) is 64.3 Å². The van der Waals surface area contributed by atoms with Crippen LogP contribution < -0.4 is 5.32 Å². The van der Waals surface area contributed by atoms with Gasteiger partial charge in [0.05, 0.1) is 0 Å².